The van der Waals surface area contributed by atoms with Gasteiger partial charge in [-0.25, -0.2) is 0 Å². The summed E-state index contributed by atoms with van der Waals surface area (Å²) in [6.45, 7) is 1.58. The molecule has 5 nitrogen and oxygen atoms in total. The fourth-order valence-electron chi connectivity index (χ4n) is 2.33. The summed E-state index contributed by atoms with van der Waals surface area (Å²) in [7, 11) is 3.08. The maximum atomic E-state index is 12.5. The lowest BCUT2D eigenvalue weighted by Gasteiger charge is -2.27. The van der Waals surface area contributed by atoms with Gasteiger partial charge in [0.2, 0.25) is 0 Å². The normalized spacial score (nSPS) is 15.2. The molecule has 0 spiro atoms. The Morgan fingerprint density at radius 2 is 1.84 bits per heavy atom. The van der Waals surface area contributed by atoms with E-state index < -0.39 is 0 Å². The third-order valence-electron chi connectivity index (χ3n) is 3.44. The maximum Gasteiger partial charge on any atom is 0.256 e. The third-order valence-corrected chi connectivity index (χ3v) is 3.44. The molecule has 0 saturated carbocycles. The predicted octanol–water partition coefficient (Wildman–Crippen LogP) is 1.91. The van der Waals surface area contributed by atoms with Gasteiger partial charge in [0, 0.05) is 19.2 Å². The third kappa shape index (κ3) is 2.75. The van der Waals surface area contributed by atoms with Crippen molar-refractivity contribution >= 4 is 11.6 Å². The number of hydrogen-bond donors (Lipinski definition) is 1. The smallest absolute Gasteiger partial charge is 0.256 e. The van der Waals surface area contributed by atoms with Crippen molar-refractivity contribution in [2.24, 2.45) is 0 Å². The Hall–Kier alpha value is -1.91. The summed E-state index contributed by atoms with van der Waals surface area (Å²) in [5.41, 5.74) is 6.83. The molecule has 1 aliphatic rings. The van der Waals surface area contributed by atoms with Crippen LogP contribution in [0, 0.1) is 0 Å². The van der Waals surface area contributed by atoms with Crippen LogP contribution in [0.2, 0.25) is 0 Å². The maximum absolute atomic E-state index is 12.5. The van der Waals surface area contributed by atoms with Crippen LogP contribution in [-0.4, -0.2) is 38.1 Å². The Balaban J connectivity index is 2.34. The molecule has 2 rings (SSSR count). The van der Waals surface area contributed by atoms with Crippen LogP contribution in [0.1, 0.15) is 29.6 Å². The summed E-state index contributed by atoms with van der Waals surface area (Å²) in [4.78, 5) is 14.3. The molecule has 2 N–H and O–H groups in total. The number of ether oxygens (including phenoxy) is 2. The Morgan fingerprint density at radius 1 is 1.16 bits per heavy atom. The van der Waals surface area contributed by atoms with Crippen molar-refractivity contribution in [2.75, 3.05) is 33.0 Å². The zero-order chi connectivity index (χ0) is 13.8. The highest BCUT2D eigenvalue weighted by Crippen LogP contribution is 2.32. The van der Waals surface area contributed by atoms with Crippen molar-refractivity contribution in [3.8, 4) is 11.5 Å². The van der Waals surface area contributed by atoms with Crippen LogP contribution in [0.25, 0.3) is 0 Å². The van der Waals surface area contributed by atoms with Gasteiger partial charge in [-0.05, 0) is 25.3 Å². The van der Waals surface area contributed by atoms with E-state index in [2.05, 4.69) is 0 Å². The Kier molecular flexibility index (Phi) is 4.14. The minimum Gasteiger partial charge on any atom is -0.497 e. The topological polar surface area (TPSA) is 64.8 Å². The van der Waals surface area contributed by atoms with Crippen LogP contribution in [0.3, 0.4) is 0 Å². The molecule has 0 aliphatic carbocycles. The molecule has 1 aliphatic heterocycles. The van der Waals surface area contributed by atoms with E-state index in [9.17, 15) is 4.79 Å². The lowest BCUT2D eigenvalue weighted by Crippen LogP contribution is -2.36. The van der Waals surface area contributed by atoms with Gasteiger partial charge in [-0.2, -0.15) is 0 Å². The highest BCUT2D eigenvalue weighted by molar-refractivity contribution is 6.01. The van der Waals surface area contributed by atoms with Gasteiger partial charge in [-0.1, -0.05) is 0 Å². The monoisotopic (exact) mass is 264 g/mol. The minimum absolute atomic E-state index is 0.0469. The SMILES string of the molecule is COc1cc(OC)c(N)c(C(=O)N2CCCCC2)c1. The molecule has 1 heterocycles. The number of likely N-dealkylation sites (tertiary alicyclic amines) is 1. The second-order valence-electron chi connectivity index (χ2n) is 4.64. The largest absolute Gasteiger partial charge is 0.497 e. The van der Waals surface area contributed by atoms with Crippen LogP contribution in [0.4, 0.5) is 5.69 Å². The number of rotatable bonds is 3. The number of benzene rings is 1. The number of hydrogen-bond acceptors (Lipinski definition) is 4. The van der Waals surface area contributed by atoms with Gasteiger partial charge < -0.3 is 20.1 Å². The number of nitrogens with zero attached hydrogens (tertiary/aromatic N) is 1. The van der Waals surface area contributed by atoms with Crippen LogP contribution < -0.4 is 15.2 Å². The Labute approximate surface area is 113 Å². The van der Waals surface area contributed by atoms with Crippen molar-refractivity contribution in [3.05, 3.63) is 17.7 Å². The molecule has 1 aromatic rings. The zero-order valence-electron chi connectivity index (χ0n) is 11.4. The van der Waals surface area contributed by atoms with Crippen LogP contribution in [-0.2, 0) is 0 Å². The summed E-state index contributed by atoms with van der Waals surface area (Å²) in [5, 5.41) is 0. The number of anilines is 1. The van der Waals surface area contributed by atoms with E-state index in [1.54, 1.807) is 19.2 Å². The Bertz CT molecular complexity index is 468. The molecule has 0 aromatic heterocycles. The van der Waals surface area contributed by atoms with Crippen LogP contribution in [0.5, 0.6) is 11.5 Å². The van der Waals surface area contributed by atoms with E-state index in [-0.39, 0.29) is 5.91 Å². The molecule has 19 heavy (non-hydrogen) atoms. The molecule has 104 valence electrons. The van der Waals surface area contributed by atoms with E-state index in [0.29, 0.717) is 22.7 Å². The average molecular weight is 264 g/mol. The van der Waals surface area contributed by atoms with E-state index in [0.717, 1.165) is 25.9 Å². The highest BCUT2D eigenvalue weighted by atomic mass is 16.5. The standard InChI is InChI=1S/C14H20N2O3/c1-18-10-8-11(13(15)12(9-10)19-2)14(17)16-6-4-3-5-7-16/h8-9H,3-7,15H2,1-2H3. The van der Waals surface area contributed by atoms with Gasteiger partial charge in [0.1, 0.15) is 11.5 Å². The first kappa shape index (κ1) is 13.5. The average Bonchev–Trinajstić information content (AvgIpc) is 2.47. The van der Waals surface area contributed by atoms with Gasteiger partial charge in [0.25, 0.3) is 5.91 Å². The molecule has 5 heteroatoms. The first-order valence-corrected chi connectivity index (χ1v) is 6.48. The first-order chi connectivity index (χ1) is 9.17. The van der Waals surface area contributed by atoms with Crippen molar-refractivity contribution in [3.63, 3.8) is 0 Å². The number of nitrogen functional groups attached to an aromatic ring is 1. The molecule has 0 bridgehead atoms. The molecule has 1 amide bonds. The van der Waals surface area contributed by atoms with Crippen LogP contribution >= 0.6 is 0 Å². The van der Waals surface area contributed by atoms with Crippen LogP contribution in [0.15, 0.2) is 12.1 Å². The molecule has 0 radical (unpaired) electrons. The number of carbonyl (C=O) groups is 1. The zero-order valence-corrected chi connectivity index (χ0v) is 11.4. The number of nitrogens with two attached hydrogens (primary N) is 1. The summed E-state index contributed by atoms with van der Waals surface area (Å²) < 4.78 is 10.4. The molecule has 0 atom stereocenters. The first-order valence-electron chi connectivity index (χ1n) is 6.48. The molecule has 0 unspecified atom stereocenters. The number of methoxy groups -OCH3 is 2. The van der Waals surface area contributed by atoms with E-state index in [4.69, 9.17) is 15.2 Å². The number of amides is 1. The second kappa shape index (κ2) is 5.82. The molecule has 1 saturated heterocycles. The molecule has 1 aromatic carbocycles. The van der Waals surface area contributed by atoms with Gasteiger partial charge in [0.05, 0.1) is 25.5 Å². The van der Waals surface area contributed by atoms with Gasteiger partial charge in [-0.3, -0.25) is 4.79 Å². The van der Waals surface area contributed by atoms with Gasteiger partial charge in [-0.15, -0.1) is 0 Å². The van der Waals surface area contributed by atoms with Crippen molar-refractivity contribution in [1.82, 2.24) is 4.90 Å². The fourth-order valence-corrected chi connectivity index (χ4v) is 2.33. The minimum atomic E-state index is -0.0469. The molecular weight excluding hydrogens is 244 g/mol. The van der Waals surface area contributed by atoms with E-state index >= 15 is 0 Å². The summed E-state index contributed by atoms with van der Waals surface area (Å²) in [5.74, 6) is 1.00. The van der Waals surface area contributed by atoms with Crippen molar-refractivity contribution in [1.29, 1.82) is 0 Å². The molecular formula is C14H20N2O3. The summed E-state index contributed by atoms with van der Waals surface area (Å²) in [6.07, 6.45) is 3.28. The predicted molar refractivity (Wildman–Crippen MR) is 73.7 cm³/mol. The second-order valence-corrected chi connectivity index (χ2v) is 4.64. The van der Waals surface area contributed by atoms with Crippen molar-refractivity contribution < 1.29 is 14.3 Å². The highest BCUT2D eigenvalue weighted by Gasteiger charge is 2.22. The van der Waals surface area contributed by atoms with E-state index in [1.807, 2.05) is 4.90 Å². The van der Waals surface area contributed by atoms with Gasteiger partial charge in [0.15, 0.2) is 0 Å². The summed E-state index contributed by atoms with van der Waals surface area (Å²) >= 11 is 0. The lowest BCUT2D eigenvalue weighted by molar-refractivity contribution is 0.0724. The number of piperidine rings is 1. The Morgan fingerprint density at radius 3 is 2.42 bits per heavy atom. The summed E-state index contributed by atoms with van der Waals surface area (Å²) in [6, 6.07) is 3.36. The van der Waals surface area contributed by atoms with Gasteiger partial charge >= 0.3 is 0 Å². The fraction of sp³-hybridized carbons (Fsp3) is 0.500. The molecule has 1 fully saturated rings. The lowest BCUT2D eigenvalue weighted by atomic mass is 10.1. The van der Waals surface area contributed by atoms with Crippen molar-refractivity contribution in [2.45, 2.75) is 19.3 Å². The number of carbonyl (C=O) groups excluding carboxylic acids is 1. The quantitative estimate of drug-likeness (QED) is 0.847. The van der Waals surface area contributed by atoms with E-state index in [1.165, 1.54) is 13.5 Å².